The van der Waals surface area contributed by atoms with E-state index in [2.05, 4.69) is 9.88 Å². The maximum Gasteiger partial charge on any atom is 0.323 e. The van der Waals surface area contributed by atoms with Gasteiger partial charge in [-0.2, -0.15) is 0 Å². The average Bonchev–Trinajstić information content (AvgIpc) is 2.56. The topological polar surface area (TPSA) is 63.9 Å². The first kappa shape index (κ1) is 16.6. The minimum absolute atomic E-state index is 0.0941. The lowest BCUT2D eigenvalue weighted by molar-refractivity contribution is -0.151. The lowest BCUT2D eigenvalue weighted by atomic mass is 10.0. The molecule has 6 nitrogen and oxygen atoms in total. The van der Waals surface area contributed by atoms with E-state index in [0.29, 0.717) is 24.5 Å². The summed E-state index contributed by atoms with van der Waals surface area (Å²) in [6, 6.07) is 5.10. The number of esters is 1. The van der Waals surface area contributed by atoms with E-state index in [4.69, 9.17) is 4.74 Å². The van der Waals surface area contributed by atoms with Crippen LogP contribution in [0.4, 0.5) is 0 Å². The van der Waals surface area contributed by atoms with Crippen LogP contribution in [0.1, 0.15) is 37.4 Å². The van der Waals surface area contributed by atoms with Crippen LogP contribution in [0, 0.1) is 6.92 Å². The minimum atomic E-state index is -0.239. The Morgan fingerprint density at radius 1 is 1.38 bits per heavy atom. The molecule has 0 radical (unpaired) electrons. The first-order valence-corrected chi connectivity index (χ1v) is 8.48. The zero-order valence-electron chi connectivity index (χ0n) is 14.2. The molecule has 1 saturated heterocycles. The highest BCUT2D eigenvalue weighted by Gasteiger charge is 2.30. The zero-order chi connectivity index (χ0) is 17.1. The number of carbonyl (C=O) groups is 1. The standard InChI is InChI=1S/C18H23N3O3/c1-3-24-18(23)15-6-4-5-9-20(15)12-14-10-17(22)21-11-13(2)7-8-16(21)19-14/h7-8,10-11,15H,3-6,9,12H2,1-2H3/t15-/m0/s1. The molecule has 2 aromatic rings. The smallest absolute Gasteiger partial charge is 0.323 e. The summed E-state index contributed by atoms with van der Waals surface area (Å²) in [6.45, 7) is 5.45. The molecule has 128 valence electrons. The number of likely N-dealkylation sites (tertiary alicyclic amines) is 1. The van der Waals surface area contributed by atoms with Crippen molar-refractivity contribution in [1.82, 2.24) is 14.3 Å². The molecule has 0 amide bonds. The van der Waals surface area contributed by atoms with E-state index in [1.807, 2.05) is 26.0 Å². The van der Waals surface area contributed by atoms with Crippen LogP contribution in [-0.4, -0.2) is 39.4 Å². The molecular weight excluding hydrogens is 306 g/mol. The van der Waals surface area contributed by atoms with Gasteiger partial charge in [0.15, 0.2) is 0 Å². The monoisotopic (exact) mass is 329 g/mol. The summed E-state index contributed by atoms with van der Waals surface area (Å²) in [5.41, 5.74) is 2.24. The number of rotatable bonds is 4. The molecule has 0 N–H and O–H groups in total. The van der Waals surface area contributed by atoms with E-state index in [-0.39, 0.29) is 17.6 Å². The second kappa shape index (κ2) is 7.13. The molecule has 24 heavy (non-hydrogen) atoms. The van der Waals surface area contributed by atoms with Crippen LogP contribution in [0.3, 0.4) is 0 Å². The second-order valence-electron chi connectivity index (χ2n) is 6.25. The Morgan fingerprint density at radius 2 is 2.21 bits per heavy atom. The van der Waals surface area contributed by atoms with Gasteiger partial charge < -0.3 is 4.74 Å². The van der Waals surface area contributed by atoms with Crippen LogP contribution in [0.2, 0.25) is 0 Å². The zero-order valence-corrected chi connectivity index (χ0v) is 14.2. The largest absolute Gasteiger partial charge is 0.465 e. The summed E-state index contributed by atoms with van der Waals surface area (Å²) in [4.78, 5) is 31.1. The minimum Gasteiger partial charge on any atom is -0.465 e. The van der Waals surface area contributed by atoms with Gasteiger partial charge in [-0.05, 0) is 44.9 Å². The average molecular weight is 329 g/mol. The third-order valence-corrected chi connectivity index (χ3v) is 4.40. The van der Waals surface area contributed by atoms with Gasteiger partial charge in [0.2, 0.25) is 0 Å². The quantitative estimate of drug-likeness (QED) is 0.802. The normalized spacial score (nSPS) is 18.7. The lowest BCUT2D eigenvalue weighted by Gasteiger charge is -2.33. The Labute approximate surface area is 141 Å². The number of hydrogen-bond acceptors (Lipinski definition) is 5. The third-order valence-electron chi connectivity index (χ3n) is 4.40. The SMILES string of the molecule is CCOC(=O)[C@@H]1CCCCN1Cc1cc(=O)n2cc(C)ccc2n1. The fraction of sp³-hybridized carbons (Fsp3) is 0.500. The van der Waals surface area contributed by atoms with E-state index >= 15 is 0 Å². The molecule has 1 atom stereocenters. The molecule has 6 heteroatoms. The van der Waals surface area contributed by atoms with Gasteiger partial charge in [-0.1, -0.05) is 12.5 Å². The molecule has 1 aliphatic heterocycles. The number of pyridine rings is 1. The Balaban J connectivity index is 1.86. The van der Waals surface area contributed by atoms with E-state index in [0.717, 1.165) is 31.4 Å². The van der Waals surface area contributed by atoms with Crippen molar-refractivity contribution in [3.63, 3.8) is 0 Å². The summed E-state index contributed by atoms with van der Waals surface area (Å²) < 4.78 is 6.74. The van der Waals surface area contributed by atoms with Crippen LogP contribution in [0.25, 0.3) is 5.65 Å². The molecule has 0 unspecified atom stereocenters. The fourth-order valence-electron chi connectivity index (χ4n) is 3.23. The van der Waals surface area contributed by atoms with Gasteiger partial charge in [-0.3, -0.25) is 18.9 Å². The second-order valence-corrected chi connectivity index (χ2v) is 6.25. The van der Waals surface area contributed by atoms with E-state index in [1.54, 1.807) is 16.7 Å². The van der Waals surface area contributed by atoms with E-state index in [1.165, 1.54) is 0 Å². The van der Waals surface area contributed by atoms with Crippen molar-refractivity contribution in [3.8, 4) is 0 Å². The highest BCUT2D eigenvalue weighted by atomic mass is 16.5. The number of nitrogens with zero attached hydrogens (tertiary/aromatic N) is 3. The molecular formula is C18H23N3O3. The van der Waals surface area contributed by atoms with Crippen molar-refractivity contribution in [2.24, 2.45) is 0 Å². The predicted molar refractivity (Wildman–Crippen MR) is 90.9 cm³/mol. The van der Waals surface area contributed by atoms with Gasteiger partial charge in [-0.15, -0.1) is 0 Å². The van der Waals surface area contributed by atoms with Gasteiger partial charge in [-0.25, -0.2) is 4.98 Å². The van der Waals surface area contributed by atoms with E-state index < -0.39 is 0 Å². The van der Waals surface area contributed by atoms with Gasteiger partial charge >= 0.3 is 5.97 Å². The summed E-state index contributed by atoms with van der Waals surface area (Å²) in [5.74, 6) is -0.176. The summed E-state index contributed by atoms with van der Waals surface area (Å²) in [6.07, 6.45) is 4.65. The molecule has 0 aromatic carbocycles. The molecule has 3 heterocycles. The van der Waals surface area contributed by atoms with Crippen LogP contribution < -0.4 is 5.56 Å². The van der Waals surface area contributed by atoms with Crippen LogP contribution in [-0.2, 0) is 16.1 Å². The molecule has 3 rings (SSSR count). The molecule has 0 spiro atoms. The Hall–Kier alpha value is -2.21. The number of ether oxygens (including phenoxy) is 1. The maximum absolute atomic E-state index is 12.3. The van der Waals surface area contributed by atoms with Gasteiger partial charge in [0.25, 0.3) is 5.56 Å². The summed E-state index contributed by atoms with van der Waals surface area (Å²) >= 11 is 0. The number of hydrogen-bond donors (Lipinski definition) is 0. The van der Waals surface area contributed by atoms with Gasteiger partial charge in [0, 0.05) is 18.8 Å². The Kier molecular flexibility index (Phi) is 4.94. The fourth-order valence-corrected chi connectivity index (χ4v) is 3.23. The third kappa shape index (κ3) is 3.48. The first-order chi connectivity index (χ1) is 11.6. The number of aryl methyl sites for hydroxylation is 1. The molecule has 1 fully saturated rings. The van der Waals surface area contributed by atoms with Gasteiger partial charge in [0.05, 0.1) is 12.3 Å². The molecule has 2 aromatic heterocycles. The van der Waals surface area contributed by atoms with Crippen LogP contribution in [0.5, 0.6) is 0 Å². The highest BCUT2D eigenvalue weighted by molar-refractivity contribution is 5.75. The summed E-state index contributed by atoms with van der Waals surface area (Å²) in [7, 11) is 0. The van der Waals surface area contributed by atoms with Crippen molar-refractivity contribution < 1.29 is 9.53 Å². The maximum atomic E-state index is 12.3. The van der Waals surface area contributed by atoms with Crippen molar-refractivity contribution in [3.05, 3.63) is 46.0 Å². The molecule has 1 aliphatic rings. The predicted octanol–water partition coefficient (Wildman–Crippen LogP) is 1.92. The Morgan fingerprint density at radius 3 is 3.00 bits per heavy atom. The van der Waals surface area contributed by atoms with Crippen molar-refractivity contribution >= 4 is 11.6 Å². The molecule has 0 bridgehead atoms. The van der Waals surface area contributed by atoms with Crippen LogP contribution in [0.15, 0.2) is 29.2 Å². The summed E-state index contributed by atoms with van der Waals surface area (Å²) in [5, 5.41) is 0. The highest BCUT2D eigenvalue weighted by Crippen LogP contribution is 2.20. The van der Waals surface area contributed by atoms with E-state index in [9.17, 15) is 9.59 Å². The number of fused-ring (bicyclic) bond motifs is 1. The van der Waals surface area contributed by atoms with Crippen molar-refractivity contribution in [2.45, 2.75) is 45.7 Å². The first-order valence-electron chi connectivity index (χ1n) is 8.48. The number of aromatic nitrogens is 2. The van der Waals surface area contributed by atoms with Crippen LogP contribution >= 0.6 is 0 Å². The molecule has 0 aliphatic carbocycles. The van der Waals surface area contributed by atoms with Crippen molar-refractivity contribution in [1.29, 1.82) is 0 Å². The number of piperidine rings is 1. The van der Waals surface area contributed by atoms with Crippen molar-refractivity contribution in [2.75, 3.05) is 13.2 Å². The Bertz CT molecular complexity index is 800. The van der Waals surface area contributed by atoms with Gasteiger partial charge in [0.1, 0.15) is 11.7 Å². The molecule has 0 saturated carbocycles. The number of carbonyl (C=O) groups excluding carboxylic acids is 1. The lowest BCUT2D eigenvalue weighted by Crippen LogP contribution is -2.45.